The monoisotopic (exact) mass is 304 g/mol. The highest BCUT2D eigenvalue weighted by molar-refractivity contribution is 5.49. The minimum Gasteiger partial charge on any atom is -0.298 e. The van der Waals surface area contributed by atoms with Gasteiger partial charge in [0, 0.05) is 5.56 Å². The molecule has 0 atom stereocenters. The summed E-state index contributed by atoms with van der Waals surface area (Å²) in [5.41, 5.74) is 3.01. The van der Waals surface area contributed by atoms with Crippen LogP contribution in [0.2, 0.25) is 0 Å². The van der Waals surface area contributed by atoms with Crippen molar-refractivity contribution in [3.63, 3.8) is 0 Å². The fraction of sp³-hybridized carbons (Fsp3) is 0.714. The predicted molar refractivity (Wildman–Crippen MR) is 102 cm³/mol. The number of nitrogens with zero attached hydrogens (tertiary/aromatic N) is 1. The SMILES string of the molecule is CCCCCCCCCCCCc1ccccc1[N+](C)(C)C. The Kier molecular flexibility index (Phi) is 9.47. The molecule has 0 saturated carbocycles. The van der Waals surface area contributed by atoms with E-state index in [2.05, 4.69) is 52.3 Å². The van der Waals surface area contributed by atoms with E-state index in [4.69, 9.17) is 0 Å². The molecule has 1 nitrogen and oxygen atoms in total. The first-order valence-electron chi connectivity index (χ1n) is 9.45. The van der Waals surface area contributed by atoms with Gasteiger partial charge in [-0.1, -0.05) is 82.9 Å². The summed E-state index contributed by atoms with van der Waals surface area (Å²) in [6, 6.07) is 8.95. The van der Waals surface area contributed by atoms with Crippen LogP contribution in [0.15, 0.2) is 24.3 Å². The lowest BCUT2D eigenvalue weighted by Crippen LogP contribution is -2.35. The number of quaternary nitrogens is 1. The van der Waals surface area contributed by atoms with E-state index < -0.39 is 0 Å². The van der Waals surface area contributed by atoms with Gasteiger partial charge in [-0.2, -0.15) is 0 Å². The van der Waals surface area contributed by atoms with Crippen LogP contribution >= 0.6 is 0 Å². The summed E-state index contributed by atoms with van der Waals surface area (Å²) < 4.78 is 0.925. The van der Waals surface area contributed by atoms with Gasteiger partial charge in [0.15, 0.2) is 0 Å². The highest BCUT2D eigenvalue weighted by atomic mass is 15.3. The fourth-order valence-corrected chi connectivity index (χ4v) is 3.18. The van der Waals surface area contributed by atoms with Crippen molar-refractivity contribution in [3.8, 4) is 0 Å². The molecule has 0 bridgehead atoms. The minimum atomic E-state index is 0.925. The molecule has 0 fully saturated rings. The van der Waals surface area contributed by atoms with Gasteiger partial charge < -0.3 is 0 Å². The van der Waals surface area contributed by atoms with E-state index >= 15 is 0 Å². The Morgan fingerprint density at radius 2 is 1.18 bits per heavy atom. The summed E-state index contributed by atoms with van der Waals surface area (Å²) in [4.78, 5) is 0. The molecule has 0 aliphatic carbocycles. The topological polar surface area (TPSA) is 0 Å². The van der Waals surface area contributed by atoms with Gasteiger partial charge in [0.05, 0.1) is 21.1 Å². The Morgan fingerprint density at radius 3 is 1.73 bits per heavy atom. The zero-order valence-electron chi connectivity index (χ0n) is 15.5. The summed E-state index contributed by atoms with van der Waals surface area (Å²) in [5.74, 6) is 0. The average molecular weight is 305 g/mol. The first-order chi connectivity index (χ1) is 10.6. The maximum atomic E-state index is 2.31. The number of para-hydroxylation sites is 1. The van der Waals surface area contributed by atoms with Crippen molar-refractivity contribution in [2.75, 3.05) is 21.1 Å². The number of hydrogen-bond acceptors (Lipinski definition) is 0. The van der Waals surface area contributed by atoms with Gasteiger partial charge in [0.1, 0.15) is 5.69 Å². The Bertz CT molecular complexity index is 389. The molecule has 0 heterocycles. The Morgan fingerprint density at radius 1 is 0.682 bits per heavy atom. The van der Waals surface area contributed by atoms with Crippen LogP contribution in [0.1, 0.15) is 76.7 Å². The van der Waals surface area contributed by atoms with E-state index in [0.29, 0.717) is 0 Å². The molecule has 0 aliphatic rings. The van der Waals surface area contributed by atoms with Crippen LogP contribution in [0.4, 0.5) is 5.69 Å². The summed E-state index contributed by atoms with van der Waals surface area (Å²) in [5, 5.41) is 0. The quantitative estimate of drug-likeness (QED) is 0.312. The molecule has 1 rings (SSSR count). The lowest BCUT2D eigenvalue weighted by molar-refractivity contribution is 0.480. The summed E-state index contributed by atoms with van der Waals surface area (Å²) in [7, 11) is 6.78. The molecule has 0 spiro atoms. The van der Waals surface area contributed by atoms with E-state index in [9.17, 15) is 0 Å². The third-order valence-electron chi connectivity index (χ3n) is 4.51. The molecular weight excluding hydrogens is 266 g/mol. The Balaban J connectivity index is 2.13. The zero-order chi connectivity index (χ0) is 16.3. The highest BCUT2D eigenvalue weighted by Gasteiger charge is 2.15. The van der Waals surface area contributed by atoms with Gasteiger partial charge in [-0.3, -0.25) is 4.48 Å². The third-order valence-corrected chi connectivity index (χ3v) is 4.51. The van der Waals surface area contributed by atoms with Gasteiger partial charge in [-0.25, -0.2) is 0 Å². The van der Waals surface area contributed by atoms with Crippen molar-refractivity contribution in [2.45, 2.75) is 77.6 Å². The van der Waals surface area contributed by atoms with Crippen molar-refractivity contribution in [3.05, 3.63) is 29.8 Å². The van der Waals surface area contributed by atoms with Crippen LogP contribution in [-0.4, -0.2) is 21.1 Å². The van der Waals surface area contributed by atoms with E-state index in [1.54, 1.807) is 0 Å². The van der Waals surface area contributed by atoms with Crippen molar-refractivity contribution < 1.29 is 0 Å². The molecule has 1 aromatic carbocycles. The van der Waals surface area contributed by atoms with Crippen LogP contribution < -0.4 is 4.48 Å². The molecule has 0 radical (unpaired) electrons. The van der Waals surface area contributed by atoms with Crippen molar-refractivity contribution >= 4 is 5.69 Å². The Labute approximate surface area is 139 Å². The van der Waals surface area contributed by atoms with E-state index in [1.165, 1.54) is 81.9 Å². The predicted octanol–water partition coefficient (Wildman–Crippen LogP) is 6.35. The van der Waals surface area contributed by atoms with Crippen LogP contribution in [0.3, 0.4) is 0 Å². The summed E-state index contributed by atoms with van der Waals surface area (Å²) in [6.45, 7) is 2.29. The maximum Gasteiger partial charge on any atom is 0.135 e. The molecule has 126 valence electrons. The lowest BCUT2D eigenvalue weighted by Gasteiger charge is -2.26. The fourth-order valence-electron chi connectivity index (χ4n) is 3.18. The first-order valence-corrected chi connectivity index (χ1v) is 9.45. The minimum absolute atomic E-state index is 0.925. The smallest absolute Gasteiger partial charge is 0.135 e. The van der Waals surface area contributed by atoms with Crippen LogP contribution in [-0.2, 0) is 6.42 Å². The van der Waals surface area contributed by atoms with Gasteiger partial charge in [-0.15, -0.1) is 0 Å². The first kappa shape index (κ1) is 19.2. The van der Waals surface area contributed by atoms with Crippen molar-refractivity contribution in [1.82, 2.24) is 4.48 Å². The molecule has 1 heteroatoms. The van der Waals surface area contributed by atoms with E-state index in [0.717, 1.165) is 4.48 Å². The molecule has 0 aliphatic heterocycles. The van der Waals surface area contributed by atoms with Crippen LogP contribution in [0, 0.1) is 0 Å². The zero-order valence-corrected chi connectivity index (χ0v) is 15.5. The summed E-state index contributed by atoms with van der Waals surface area (Å²) >= 11 is 0. The number of benzene rings is 1. The molecule has 0 saturated heterocycles. The van der Waals surface area contributed by atoms with Crippen molar-refractivity contribution in [2.24, 2.45) is 0 Å². The average Bonchev–Trinajstić information content (AvgIpc) is 2.48. The molecule has 22 heavy (non-hydrogen) atoms. The maximum absolute atomic E-state index is 2.31. The number of unbranched alkanes of at least 4 members (excludes halogenated alkanes) is 9. The lowest BCUT2D eigenvalue weighted by atomic mass is 10.0. The molecule has 0 unspecified atom stereocenters. The Hall–Kier alpha value is -0.820. The molecule has 1 aromatic rings. The second-order valence-electron chi connectivity index (χ2n) is 7.57. The van der Waals surface area contributed by atoms with E-state index in [-0.39, 0.29) is 0 Å². The van der Waals surface area contributed by atoms with Crippen LogP contribution in [0.25, 0.3) is 0 Å². The van der Waals surface area contributed by atoms with Crippen molar-refractivity contribution in [1.29, 1.82) is 0 Å². The second kappa shape index (κ2) is 10.8. The van der Waals surface area contributed by atoms with Gasteiger partial charge in [0.25, 0.3) is 0 Å². The number of hydrogen-bond donors (Lipinski definition) is 0. The van der Waals surface area contributed by atoms with Crippen LogP contribution in [0.5, 0.6) is 0 Å². The standard InChI is InChI=1S/C21H38N/c1-5-6-7-8-9-10-11-12-13-14-17-20-18-15-16-19-21(20)22(2,3)4/h15-16,18-19H,5-14,17H2,1-4H3/q+1. The highest BCUT2D eigenvalue weighted by Crippen LogP contribution is 2.24. The van der Waals surface area contributed by atoms with Gasteiger partial charge in [-0.05, 0) is 18.9 Å². The largest absolute Gasteiger partial charge is 0.298 e. The normalized spacial score (nSPS) is 11.8. The molecular formula is C21H38N+. The molecule has 0 N–H and O–H groups in total. The number of rotatable bonds is 12. The number of aryl methyl sites for hydroxylation is 1. The van der Waals surface area contributed by atoms with Gasteiger partial charge in [0.2, 0.25) is 0 Å². The van der Waals surface area contributed by atoms with Gasteiger partial charge >= 0.3 is 0 Å². The van der Waals surface area contributed by atoms with E-state index in [1.807, 2.05) is 0 Å². The molecule has 0 amide bonds. The molecule has 0 aromatic heterocycles. The summed E-state index contributed by atoms with van der Waals surface area (Å²) in [6.07, 6.45) is 15.4. The second-order valence-corrected chi connectivity index (χ2v) is 7.57. The third kappa shape index (κ3) is 7.98.